The number of rotatable bonds is 5. The predicted molar refractivity (Wildman–Crippen MR) is 120 cm³/mol. The minimum absolute atomic E-state index is 0.0266. The molecular formula is C25H31N3O3. The van der Waals surface area contributed by atoms with Crippen LogP contribution in [0.2, 0.25) is 0 Å². The van der Waals surface area contributed by atoms with Crippen molar-refractivity contribution in [1.29, 1.82) is 0 Å². The number of piperazine rings is 1. The molecule has 6 nitrogen and oxygen atoms in total. The first-order valence-corrected chi connectivity index (χ1v) is 11.0. The molecule has 0 aromatic heterocycles. The van der Waals surface area contributed by atoms with E-state index in [1.54, 1.807) is 7.11 Å². The smallest absolute Gasteiger partial charge is 0.251 e. The Morgan fingerprint density at radius 2 is 1.61 bits per heavy atom. The summed E-state index contributed by atoms with van der Waals surface area (Å²) in [5, 5.41) is 3.17. The molecule has 1 saturated carbocycles. The third kappa shape index (κ3) is 4.90. The van der Waals surface area contributed by atoms with Crippen LogP contribution in [0.5, 0.6) is 5.75 Å². The van der Waals surface area contributed by atoms with E-state index >= 15 is 0 Å². The molecule has 0 radical (unpaired) electrons. The fraction of sp³-hybridized carbons (Fsp3) is 0.440. The maximum Gasteiger partial charge on any atom is 0.251 e. The lowest BCUT2D eigenvalue weighted by Crippen LogP contribution is -2.49. The van der Waals surface area contributed by atoms with Gasteiger partial charge in [-0.2, -0.15) is 0 Å². The molecule has 0 bridgehead atoms. The average molecular weight is 422 g/mol. The van der Waals surface area contributed by atoms with Crippen molar-refractivity contribution in [1.82, 2.24) is 15.1 Å². The van der Waals surface area contributed by atoms with Gasteiger partial charge in [-0.15, -0.1) is 0 Å². The number of carbonyl (C=O) groups is 2. The lowest BCUT2D eigenvalue weighted by Gasteiger charge is -2.35. The molecule has 2 aromatic carbocycles. The van der Waals surface area contributed by atoms with Crippen molar-refractivity contribution in [2.45, 2.75) is 24.8 Å². The monoisotopic (exact) mass is 421 g/mol. The Morgan fingerprint density at radius 3 is 2.26 bits per heavy atom. The summed E-state index contributed by atoms with van der Waals surface area (Å²) >= 11 is 0. The number of nitrogens with one attached hydrogen (secondary N) is 1. The maximum absolute atomic E-state index is 13.5. The van der Waals surface area contributed by atoms with Gasteiger partial charge in [0.2, 0.25) is 5.91 Å². The van der Waals surface area contributed by atoms with Gasteiger partial charge in [-0.1, -0.05) is 30.3 Å². The van der Waals surface area contributed by atoms with Crippen LogP contribution in [-0.2, 0) is 4.79 Å². The summed E-state index contributed by atoms with van der Waals surface area (Å²) in [4.78, 5) is 30.5. The van der Waals surface area contributed by atoms with Crippen LogP contribution in [-0.4, -0.2) is 68.0 Å². The van der Waals surface area contributed by atoms with Gasteiger partial charge in [0, 0.05) is 43.7 Å². The highest BCUT2D eigenvalue weighted by Gasteiger charge is 2.42. The van der Waals surface area contributed by atoms with E-state index in [1.807, 2.05) is 47.4 Å². The standard InChI is InChI=1S/C25H31N3O3/c1-27-12-14-28(15-13-27)25(30)23-17-20(26-24(29)19-6-4-3-5-7-19)16-22(23)18-8-10-21(31-2)11-9-18/h3-11,20,22-23H,12-17H2,1-2H3,(H,26,29)/t20-,22+,23-/m0/s1. The minimum Gasteiger partial charge on any atom is -0.497 e. The van der Waals surface area contributed by atoms with Gasteiger partial charge < -0.3 is 19.9 Å². The second kappa shape index (κ2) is 9.52. The Hall–Kier alpha value is -2.86. The van der Waals surface area contributed by atoms with Gasteiger partial charge >= 0.3 is 0 Å². The predicted octanol–water partition coefficient (Wildman–Crippen LogP) is 2.76. The number of benzene rings is 2. The summed E-state index contributed by atoms with van der Waals surface area (Å²) in [6, 6.07) is 17.2. The molecule has 2 fully saturated rings. The fourth-order valence-corrected chi connectivity index (χ4v) is 4.77. The van der Waals surface area contributed by atoms with Gasteiger partial charge in [0.25, 0.3) is 5.91 Å². The highest BCUT2D eigenvalue weighted by molar-refractivity contribution is 5.94. The van der Waals surface area contributed by atoms with Crippen molar-refractivity contribution < 1.29 is 14.3 Å². The van der Waals surface area contributed by atoms with Crippen molar-refractivity contribution >= 4 is 11.8 Å². The molecule has 2 amide bonds. The van der Waals surface area contributed by atoms with E-state index in [-0.39, 0.29) is 29.7 Å². The molecule has 1 saturated heterocycles. The summed E-state index contributed by atoms with van der Waals surface area (Å²) < 4.78 is 5.30. The van der Waals surface area contributed by atoms with Crippen LogP contribution >= 0.6 is 0 Å². The van der Waals surface area contributed by atoms with Crippen molar-refractivity contribution in [2.24, 2.45) is 5.92 Å². The average Bonchev–Trinajstić information content (AvgIpc) is 3.23. The maximum atomic E-state index is 13.5. The number of methoxy groups -OCH3 is 1. The number of ether oxygens (including phenoxy) is 1. The highest BCUT2D eigenvalue weighted by Crippen LogP contribution is 2.41. The Labute approximate surface area is 184 Å². The van der Waals surface area contributed by atoms with E-state index in [2.05, 4.69) is 29.4 Å². The van der Waals surface area contributed by atoms with Gasteiger partial charge in [0.1, 0.15) is 5.75 Å². The number of carbonyl (C=O) groups excluding carboxylic acids is 2. The van der Waals surface area contributed by atoms with Gasteiger partial charge in [0.15, 0.2) is 0 Å². The summed E-state index contributed by atoms with van der Waals surface area (Å²) in [7, 11) is 3.74. The molecule has 4 rings (SSSR count). The van der Waals surface area contributed by atoms with E-state index in [0.717, 1.165) is 43.9 Å². The molecule has 1 aliphatic carbocycles. The Bertz CT molecular complexity index is 892. The van der Waals surface area contributed by atoms with Crippen LogP contribution in [0.4, 0.5) is 0 Å². The van der Waals surface area contributed by atoms with Crippen molar-refractivity contribution in [3.8, 4) is 5.75 Å². The number of likely N-dealkylation sites (N-methyl/N-ethyl adjacent to an activating group) is 1. The SMILES string of the molecule is COc1ccc([C@H]2C[C@H](NC(=O)c3ccccc3)C[C@@H]2C(=O)N2CCN(C)CC2)cc1. The topological polar surface area (TPSA) is 61.9 Å². The third-order valence-corrected chi connectivity index (χ3v) is 6.61. The number of amides is 2. The van der Waals surface area contributed by atoms with Gasteiger partial charge in [-0.05, 0) is 55.6 Å². The first-order valence-electron chi connectivity index (χ1n) is 11.0. The Kier molecular flexibility index (Phi) is 6.56. The van der Waals surface area contributed by atoms with Crippen molar-refractivity contribution in [3.63, 3.8) is 0 Å². The van der Waals surface area contributed by atoms with Crippen LogP contribution in [0.1, 0.15) is 34.7 Å². The summed E-state index contributed by atoms with van der Waals surface area (Å²) in [6.07, 6.45) is 1.43. The van der Waals surface area contributed by atoms with Crippen LogP contribution in [0.3, 0.4) is 0 Å². The molecular weight excluding hydrogens is 390 g/mol. The fourth-order valence-electron chi connectivity index (χ4n) is 4.77. The summed E-state index contributed by atoms with van der Waals surface area (Å²) in [5.74, 6) is 0.895. The number of nitrogens with zero attached hydrogens (tertiary/aromatic N) is 2. The van der Waals surface area contributed by atoms with E-state index in [0.29, 0.717) is 12.0 Å². The third-order valence-electron chi connectivity index (χ3n) is 6.61. The molecule has 0 unspecified atom stereocenters. The molecule has 3 atom stereocenters. The second-order valence-corrected chi connectivity index (χ2v) is 8.62. The molecule has 2 aromatic rings. The molecule has 1 aliphatic heterocycles. The zero-order chi connectivity index (χ0) is 21.8. The minimum atomic E-state index is -0.127. The van der Waals surface area contributed by atoms with Crippen LogP contribution in [0, 0.1) is 5.92 Å². The first kappa shape index (κ1) is 21.4. The zero-order valence-corrected chi connectivity index (χ0v) is 18.3. The van der Waals surface area contributed by atoms with Crippen molar-refractivity contribution in [3.05, 3.63) is 65.7 Å². The molecule has 2 aliphatic rings. The lowest BCUT2D eigenvalue weighted by molar-refractivity contribution is -0.137. The second-order valence-electron chi connectivity index (χ2n) is 8.62. The molecule has 31 heavy (non-hydrogen) atoms. The zero-order valence-electron chi connectivity index (χ0n) is 18.3. The van der Waals surface area contributed by atoms with Crippen molar-refractivity contribution in [2.75, 3.05) is 40.3 Å². The first-order chi connectivity index (χ1) is 15.0. The number of hydrogen-bond donors (Lipinski definition) is 1. The normalized spacial score (nSPS) is 24.1. The molecule has 1 N–H and O–H groups in total. The van der Waals surface area contributed by atoms with E-state index < -0.39 is 0 Å². The largest absolute Gasteiger partial charge is 0.497 e. The van der Waals surface area contributed by atoms with E-state index in [1.165, 1.54) is 0 Å². The molecule has 0 spiro atoms. The summed E-state index contributed by atoms with van der Waals surface area (Å²) in [6.45, 7) is 3.34. The van der Waals surface area contributed by atoms with Gasteiger partial charge in [0.05, 0.1) is 7.11 Å². The van der Waals surface area contributed by atoms with Gasteiger partial charge in [-0.25, -0.2) is 0 Å². The van der Waals surface area contributed by atoms with Gasteiger partial charge in [-0.3, -0.25) is 9.59 Å². The van der Waals surface area contributed by atoms with E-state index in [9.17, 15) is 9.59 Å². The van der Waals surface area contributed by atoms with E-state index in [4.69, 9.17) is 4.74 Å². The quantitative estimate of drug-likeness (QED) is 0.807. The van der Waals surface area contributed by atoms with Crippen LogP contribution in [0.15, 0.2) is 54.6 Å². The highest BCUT2D eigenvalue weighted by atomic mass is 16.5. The lowest BCUT2D eigenvalue weighted by atomic mass is 9.87. The van der Waals surface area contributed by atoms with Crippen LogP contribution in [0.25, 0.3) is 0 Å². The summed E-state index contributed by atoms with van der Waals surface area (Å²) in [5.41, 5.74) is 1.78. The Balaban J connectivity index is 1.52. The molecule has 6 heteroatoms. The molecule has 164 valence electrons. The number of hydrogen-bond acceptors (Lipinski definition) is 4. The molecule has 1 heterocycles. The Morgan fingerprint density at radius 1 is 0.935 bits per heavy atom. The van der Waals surface area contributed by atoms with Crippen LogP contribution < -0.4 is 10.1 Å².